The Hall–Kier alpha value is -4.53. The smallest absolute Gasteiger partial charge is 0.269 e. The van der Waals surface area contributed by atoms with Crippen molar-refractivity contribution in [3.05, 3.63) is 95.6 Å². The fraction of sp³-hybridized carbons (Fsp3) is 0.192. The lowest BCUT2D eigenvalue weighted by atomic mass is 10.1. The molecule has 2 amide bonds. The van der Waals surface area contributed by atoms with Crippen LogP contribution in [0.15, 0.2) is 78.9 Å². The lowest BCUT2D eigenvalue weighted by molar-refractivity contribution is -0.121. The Morgan fingerprint density at radius 2 is 1.60 bits per heavy atom. The molecule has 0 spiro atoms. The van der Waals surface area contributed by atoms with Crippen molar-refractivity contribution in [3.8, 4) is 17.1 Å². The van der Waals surface area contributed by atoms with E-state index in [4.69, 9.17) is 4.74 Å². The molecule has 9 heteroatoms. The molecule has 0 unspecified atom stereocenters. The summed E-state index contributed by atoms with van der Waals surface area (Å²) in [6, 6.07) is 24.2. The predicted molar refractivity (Wildman–Crippen MR) is 130 cm³/mol. The van der Waals surface area contributed by atoms with Gasteiger partial charge in [-0.3, -0.25) is 20.4 Å². The number of nitrogens with one attached hydrogen (secondary N) is 2. The standard InChI is InChI=1S/C26H26N6O3/c1-2-35-23-15-10-19(11-16-23)12-17-24(33)27-29-26(34)22-13-8-20(9-14-22)18-32-30-25(28-31-32)21-6-4-3-5-7-21/h3-11,13-16H,2,12,17-18H2,1H3,(H,27,33)(H,29,34). The van der Waals surface area contributed by atoms with Crippen LogP contribution in [0.3, 0.4) is 0 Å². The molecule has 0 aliphatic heterocycles. The Bertz CT molecular complexity index is 1250. The normalized spacial score (nSPS) is 10.5. The van der Waals surface area contributed by atoms with Gasteiger partial charge in [0.25, 0.3) is 5.91 Å². The number of carbonyl (C=O) groups is 2. The van der Waals surface area contributed by atoms with Gasteiger partial charge in [-0.15, -0.1) is 10.2 Å². The third-order valence-electron chi connectivity index (χ3n) is 5.22. The average molecular weight is 471 g/mol. The second-order valence-electron chi connectivity index (χ2n) is 7.79. The maximum atomic E-state index is 12.4. The number of hydrazine groups is 1. The van der Waals surface area contributed by atoms with E-state index in [-0.39, 0.29) is 12.3 Å². The lowest BCUT2D eigenvalue weighted by Crippen LogP contribution is -2.41. The van der Waals surface area contributed by atoms with Crippen LogP contribution in [0.25, 0.3) is 11.4 Å². The number of benzene rings is 3. The van der Waals surface area contributed by atoms with Gasteiger partial charge in [-0.1, -0.05) is 54.6 Å². The van der Waals surface area contributed by atoms with E-state index >= 15 is 0 Å². The van der Waals surface area contributed by atoms with E-state index in [9.17, 15) is 9.59 Å². The number of aryl methyl sites for hydroxylation is 1. The molecule has 0 aliphatic carbocycles. The summed E-state index contributed by atoms with van der Waals surface area (Å²) in [6.45, 7) is 2.96. The monoisotopic (exact) mass is 470 g/mol. The molecule has 4 rings (SSSR count). The Labute approximate surface area is 203 Å². The number of carbonyl (C=O) groups excluding carboxylic acids is 2. The third kappa shape index (κ3) is 6.73. The zero-order chi connectivity index (χ0) is 24.5. The first kappa shape index (κ1) is 23.6. The molecule has 3 aromatic carbocycles. The fourth-order valence-corrected chi connectivity index (χ4v) is 3.38. The molecule has 0 aliphatic rings. The largest absolute Gasteiger partial charge is 0.494 e. The Balaban J connectivity index is 1.23. The van der Waals surface area contributed by atoms with Gasteiger partial charge in [-0.05, 0) is 54.0 Å². The number of tetrazole rings is 1. The molecule has 178 valence electrons. The highest BCUT2D eigenvalue weighted by Crippen LogP contribution is 2.14. The van der Waals surface area contributed by atoms with Crippen molar-refractivity contribution >= 4 is 11.8 Å². The number of amides is 2. The maximum absolute atomic E-state index is 12.4. The van der Waals surface area contributed by atoms with E-state index in [0.717, 1.165) is 22.4 Å². The quantitative estimate of drug-likeness (QED) is 0.364. The van der Waals surface area contributed by atoms with Gasteiger partial charge in [0, 0.05) is 17.5 Å². The van der Waals surface area contributed by atoms with Crippen LogP contribution in [0, 0.1) is 0 Å². The number of hydrogen-bond acceptors (Lipinski definition) is 6. The van der Waals surface area contributed by atoms with Crippen molar-refractivity contribution in [2.45, 2.75) is 26.3 Å². The van der Waals surface area contributed by atoms with Crippen LogP contribution in [0.5, 0.6) is 5.75 Å². The number of rotatable bonds is 9. The minimum Gasteiger partial charge on any atom is -0.494 e. The molecule has 2 N–H and O–H groups in total. The van der Waals surface area contributed by atoms with Crippen LogP contribution < -0.4 is 15.6 Å². The van der Waals surface area contributed by atoms with Crippen LogP contribution >= 0.6 is 0 Å². The highest BCUT2D eigenvalue weighted by Gasteiger charge is 2.09. The van der Waals surface area contributed by atoms with Gasteiger partial charge >= 0.3 is 0 Å². The predicted octanol–water partition coefficient (Wildman–Crippen LogP) is 3.18. The van der Waals surface area contributed by atoms with E-state index in [1.165, 1.54) is 4.80 Å². The highest BCUT2D eigenvalue weighted by atomic mass is 16.5. The average Bonchev–Trinajstić information content (AvgIpc) is 3.36. The second kappa shape index (κ2) is 11.6. The molecule has 1 aromatic heterocycles. The Morgan fingerprint density at radius 1 is 0.886 bits per heavy atom. The van der Waals surface area contributed by atoms with E-state index < -0.39 is 5.91 Å². The molecule has 35 heavy (non-hydrogen) atoms. The number of hydrogen-bond donors (Lipinski definition) is 2. The molecule has 0 saturated heterocycles. The van der Waals surface area contributed by atoms with Gasteiger partial charge in [0.05, 0.1) is 13.2 Å². The van der Waals surface area contributed by atoms with Crippen molar-refractivity contribution < 1.29 is 14.3 Å². The van der Waals surface area contributed by atoms with Crippen molar-refractivity contribution in [3.63, 3.8) is 0 Å². The van der Waals surface area contributed by atoms with Crippen LogP contribution in [0.1, 0.15) is 34.8 Å². The second-order valence-corrected chi connectivity index (χ2v) is 7.79. The maximum Gasteiger partial charge on any atom is 0.269 e. The van der Waals surface area contributed by atoms with Gasteiger partial charge in [0.1, 0.15) is 5.75 Å². The fourth-order valence-electron chi connectivity index (χ4n) is 3.38. The highest BCUT2D eigenvalue weighted by molar-refractivity contribution is 5.95. The van der Waals surface area contributed by atoms with Gasteiger partial charge < -0.3 is 4.74 Å². The first-order chi connectivity index (χ1) is 17.1. The van der Waals surface area contributed by atoms with Crippen LogP contribution in [0.4, 0.5) is 0 Å². The van der Waals surface area contributed by atoms with Crippen molar-refractivity contribution in [1.82, 2.24) is 31.1 Å². The van der Waals surface area contributed by atoms with Gasteiger partial charge in [0.15, 0.2) is 0 Å². The molecule has 0 atom stereocenters. The Morgan fingerprint density at radius 3 is 2.31 bits per heavy atom. The summed E-state index contributed by atoms with van der Waals surface area (Å²) in [6.07, 6.45) is 0.814. The summed E-state index contributed by atoms with van der Waals surface area (Å²) in [5.41, 5.74) is 8.17. The summed E-state index contributed by atoms with van der Waals surface area (Å²) in [4.78, 5) is 26.0. The molecule has 9 nitrogen and oxygen atoms in total. The minimum atomic E-state index is -0.392. The molecule has 0 bridgehead atoms. The molecule has 0 saturated carbocycles. The molecule has 1 heterocycles. The first-order valence-electron chi connectivity index (χ1n) is 11.3. The van der Waals surface area contributed by atoms with Gasteiger partial charge in [-0.25, -0.2) is 0 Å². The van der Waals surface area contributed by atoms with Crippen molar-refractivity contribution in [2.24, 2.45) is 0 Å². The summed E-state index contributed by atoms with van der Waals surface area (Å²) >= 11 is 0. The van der Waals surface area contributed by atoms with Gasteiger partial charge in [0.2, 0.25) is 11.7 Å². The molecule has 0 fully saturated rings. The number of aromatic nitrogens is 4. The third-order valence-corrected chi connectivity index (χ3v) is 5.22. The Kier molecular flexibility index (Phi) is 7.80. The van der Waals surface area contributed by atoms with E-state index in [1.54, 1.807) is 12.1 Å². The summed E-state index contributed by atoms with van der Waals surface area (Å²) < 4.78 is 5.41. The van der Waals surface area contributed by atoms with E-state index in [0.29, 0.717) is 31.0 Å². The van der Waals surface area contributed by atoms with Crippen LogP contribution in [-0.2, 0) is 17.8 Å². The minimum absolute atomic E-state index is 0.253. The van der Waals surface area contributed by atoms with Crippen molar-refractivity contribution in [2.75, 3.05) is 6.61 Å². The zero-order valence-electron chi connectivity index (χ0n) is 19.3. The van der Waals surface area contributed by atoms with Crippen LogP contribution in [-0.4, -0.2) is 38.6 Å². The number of ether oxygens (including phenoxy) is 1. The first-order valence-corrected chi connectivity index (χ1v) is 11.3. The summed E-state index contributed by atoms with van der Waals surface area (Å²) in [5.74, 6) is 0.694. The molecular weight excluding hydrogens is 444 g/mol. The van der Waals surface area contributed by atoms with E-state index in [1.807, 2.05) is 73.7 Å². The van der Waals surface area contributed by atoms with Crippen molar-refractivity contribution in [1.29, 1.82) is 0 Å². The molecule has 4 aromatic rings. The SMILES string of the molecule is CCOc1ccc(CCC(=O)NNC(=O)c2ccc(Cn3nnc(-c4ccccc4)n3)cc2)cc1. The summed E-state index contributed by atoms with van der Waals surface area (Å²) in [7, 11) is 0. The van der Waals surface area contributed by atoms with Crippen LogP contribution in [0.2, 0.25) is 0 Å². The van der Waals surface area contributed by atoms with Gasteiger partial charge in [-0.2, -0.15) is 4.80 Å². The number of nitrogens with zero attached hydrogens (tertiary/aromatic N) is 4. The summed E-state index contributed by atoms with van der Waals surface area (Å²) in [5, 5.41) is 12.6. The zero-order valence-corrected chi connectivity index (χ0v) is 19.3. The topological polar surface area (TPSA) is 111 Å². The van der Waals surface area contributed by atoms with E-state index in [2.05, 4.69) is 26.3 Å². The molecule has 0 radical (unpaired) electrons. The molecular formula is C26H26N6O3. The lowest BCUT2D eigenvalue weighted by Gasteiger charge is -2.08.